The Morgan fingerprint density at radius 3 is 2.65 bits per heavy atom. The minimum absolute atomic E-state index is 0.0394. The van der Waals surface area contributed by atoms with E-state index in [2.05, 4.69) is 12.2 Å². The second-order valence-corrected chi connectivity index (χ2v) is 5.13. The first kappa shape index (κ1) is 16.1. The first-order valence-corrected chi connectivity index (χ1v) is 7.01. The van der Waals surface area contributed by atoms with E-state index in [1.165, 1.54) is 12.1 Å². The molecule has 110 valence electrons. The molecule has 0 unspecified atom stereocenters. The number of unbranched alkanes of at least 4 members (excludes halogenated alkanes) is 2. The highest BCUT2D eigenvalue weighted by atomic mass is 16.6. The molecule has 1 aromatic rings. The fraction of sp³-hybridized carbons (Fsp3) is 0.533. The Morgan fingerprint density at radius 2 is 2.10 bits per heavy atom. The highest BCUT2D eigenvalue weighted by molar-refractivity contribution is 5.94. The van der Waals surface area contributed by atoms with Crippen molar-refractivity contribution < 1.29 is 9.72 Å². The molecule has 0 aliphatic carbocycles. The van der Waals surface area contributed by atoms with E-state index in [0.29, 0.717) is 11.1 Å². The Balaban J connectivity index is 2.64. The molecule has 0 aromatic heterocycles. The van der Waals surface area contributed by atoms with Crippen molar-refractivity contribution in [2.75, 3.05) is 0 Å². The number of carbonyl (C=O) groups is 1. The zero-order valence-electron chi connectivity index (χ0n) is 12.3. The first-order chi connectivity index (χ1) is 9.45. The van der Waals surface area contributed by atoms with Crippen LogP contribution in [0.3, 0.4) is 0 Å². The molecule has 0 radical (unpaired) electrons. The van der Waals surface area contributed by atoms with E-state index in [1.54, 1.807) is 13.0 Å². The van der Waals surface area contributed by atoms with E-state index in [4.69, 9.17) is 0 Å². The van der Waals surface area contributed by atoms with Gasteiger partial charge < -0.3 is 5.32 Å². The Bertz CT molecular complexity index is 486. The van der Waals surface area contributed by atoms with E-state index >= 15 is 0 Å². The van der Waals surface area contributed by atoms with Crippen LogP contribution in [-0.4, -0.2) is 16.9 Å². The van der Waals surface area contributed by atoms with Crippen LogP contribution >= 0.6 is 0 Å². The van der Waals surface area contributed by atoms with Crippen molar-refractivity contribution in [3.05, 3.63) is 39.4 Å². The highest BCUT2D eigenvalue weighted by Gasteiger charge is 2.14. The molecule has 0 aliphatic heterocycles. The lowest BCUT2D eigenvalue weighted by Crippen LogP contribution is -2.32. The third-order valence-corrected chi connectivity index (χ3v) is 3.27. The van der Waals surface area contributed by atoms with Crippen LogP contribution in [0, 0.1) is 17.0 Å². The Hall–Kier alpha value is -1.91. The third-order valence-electron chi connectivity index (χ3n) is 3.27. The summed E-state index contributed by atoms with van der Waals surface area (Å²) in [5, 5.41) is 13.7. The molecule has 5 nitrogen and oxygen atoms in total. The van der Waals surface area contributed by atoms with Crippen LogP contribution in [0.15, 0.2) is 18.2 Å². The standard InChI is InChI=1S/C15H22N2O3/c1-4-5-6-7-12(3)16-15(18)13-8-9-14(17(19)20)11(2)10-13/h8-10,12H,4-7H2,1-3H3,(H,16,18)/t12-/m0/s1. The predicted molar refractivity (Wildman–Crippen MR) is 78.9 cm³/mol. The summed E-state index contributed by atoms with van der Waals surface area (Å²) in [6.45, 7) is 5.76. The molecule has 0 saturated heterocycles. The molecule has 0 bridgehead atoms. The van der Waals surface area contributed by atoms with Gasteiger partial charge in [-0.3, -0.25) is 14.9 Å². The second-order valence-electron chi connectivity index (χ2n) is 5.13. The summed E-state index contributed by atoms with van der Waals surface area (Å²) in [6.07, 6.45) is 4.36. The summed E-state index contributed by atoms with van der Waals surface area (Å²) in [5.74, 6) is -0.174. The van der Waals surface area contributed by atoms with Crippen molar-refractivity contribution in [3.63, 3.8) is 0 Å². The zero-order chi connectivity index (χ0) is 15.1. The number of hydrogen-bond acceptors (Lipinski definition) is 3. The van der Waals surface area contributed by atoms with Gasteiger partial charge in [0.15, 0.2) is 0 Å². The number of benzene rings is 1. The summed E-state index contributed by atoms with van der Waals surface area (Å²) in [4.78, 5) is 22.3. The summed E-state index contributed by atoms with van der Waals surface area (Å²) in [7, 11) is 0. The number of hydrogen-bond donors (Lipinski definition) is 1. The van der Waals surface area contributed by atoms with Gasteiger partial charge in [-0.15, -0.1) is 0 Å². The normalized spacial score (nSPS) is 11.9. The summed E-state index contributed by atoms with van der Waals surface area (Å²) in [5.41, 5.74) is 1.01. The number of rotatable bonds is 7. The van der Waals surface area contributed by atoms with Crippen molar-refractivity contribution in [2.24, 2.45) is 0 Å². The molecular formula is C15H22N2O3. The molecule has 1 aromatic carbocycles. The van der Waals surface area contributed by atoms with Gasteiger partial charge in [-0.25, -0.2) is 0 Å². The smallest absolute Gasteiger partial charge is 0.272 e. The minimum atomic E-state index is -0.440. The number of nitro groups is 1. The fourth-order valence-corrected chi connectivity index (χ4v) is 2.08. The van der Waals surface area contributed by atoms with Gasteiger partial charge in [0.05, 0.1) is 4.92 Å². The van der Waals surface area contributed by atoms with Gasteiger partial charge >= 0.3 is 0 Å². The van der Waals surface area contributed by atoms with E-state index < -0.39 is 4.92 Å². The molecule has 0 saturated carbocycles. The largest absolute Gasteiger partial charge is 0.350 e. The van der Waals surface area contributed by atoms with Crippen molar-refractivity contribution in [1.29, 1.82) is 0 Å². The summed E-state index contributed by atoms with van der Waals surface area (Å²) < 4.78 is 0. The number of nitro benzene ring substituents is 1. The Kier molecular flexibility index (Phi) is 6.15. The van der Waals surface area contributed by atoms with Gasteiger partial charge in [0.2, 0.25) is 0 Å². The molecule has 5 heteroatoms. The molecule has 1 atom stereocenters. The van der Waals surface area contributed by atoms with Gasteiger partial charge in [-0.05, 0) is 32.4 Å². The maximum absolute atomic E-state index is 12.0. The van der Waals surface area contributed by atoms with E-state index in [-0.39, 0.29) is 17.6 Å². The number of carbonyl (C=O) groups excluding carboxylic acids is 1. The molecule has 0 heterocycles. The zero-order valence-corrected chi connectivity index (χ0v) is 12.3. The lowest BCUT2D eigenvalue weighted by molar-refractivity contribution is -0.385. The molecule has 1 N–H and O–H groups in total. The van der Waals surface area contributed by atoms with Crippen LogP contribution in [0.5, 0.6) is 0 Å². The minimum Gasteiger partial charge on any atom is -0.350 e. The number of nitrogens with zero attached hydrogens (tertiary/aromatic N) is 1. The molecule has 1 rings (SSSR count). The predicted octanol–water partition coefficient (Wildman–Crippen LogP) is 3.60. The van der Waals surface area contributed by atoms with Crippen molar-refractivity contribution in [3.8, 4) is 0 Å². The van der Waals surface area contributed by atoms with Crippen LogP contribution < -0.4 is 5.32 Å². The average Bonchev–Trinajstić information content (AvgIpc) is 2.38. The first-order valence-electron chi connectivity index (χ1n) is 7.01. The fourth-order valence-electron chi connectivity index (χ4n) is 2.08. The summed E-state index contributed by atoms with van der Waals surface area (Å²) >= 11 is 0. The summed E-state index contributed by atoms with van der Waals surface area (Å²) in [6, 6.07) is 4.56. The topological polar surface area (TPSA) is 72.2 Å². The molecule has 0 aliphatic rings. The Labute approximate surface area is 119 Å². The van der Waals surface area contributed by atoms with Crippen molar-refractivity contribution in [1.82, 2.24) is 5.32 Å². The molecule has 0 spiro atoms. The molecule has 20 heavy (non-hydrogen) atoms. The quantitative estimate of drug-likeness (QED) is 0.470. The SMILES string of the molecule is CCCCC[C@H](C)NC(=O)c1ccc([N+](=O)[O-])c(C)c1. The highest BCUT2D eigenvalue weighted by Crippen LogP contribution is 2.18. The van der Waals surface area contributed by atoms with E-state index in [9.17, 15) is 14.9 Å². The maximum atomic E-state index is 12.0. The second kappa shape index (κ2) is 7.62. The molecule has 1 amide bonds. The number of amides is 1. The van der Waals surface area contributed by atoms with Crippen LogP contribution in [0.4, 0.5) is 5.69 Å². The lowest BCUT2D eigenvalue weighted by atomic mass is 10.1. The molecular weight excluding hydrogens is 256 g/mol. The van der Waals surface area contributed by atoms with Gasteiger partial charge in [-0.2, -0.15) is 0 Å². The maximum Gasteiger partial charge on any atom is 0.272 e. The van der Waals surface area contributed by atoms with E-state index in [1.807, 2.05) is 6.92 Å². The molecule has 0 fully saturated rings. The van der Waals surface area contributed by atoms with Gasteiger partial charge in [0, 0.05) is 23.2 Å². The third kappa shape index (κ3) is 4.64. The van der Waals surface area contributed by atoms with Crippen LogP contribution in [0.2, 0.25) is 0 Å². The van der Waals surface area contributed by atoms with Gasteiger partial charge in [-0.1, -0.05) is 26.2 Å². The number of aryl methyl sites for hydroxylation is 1. The van der Waals surface area contributed by atoms with Gasteiger partial charge in [0.1, 0.15) is 0 Å². The van der Waals surface area contributed by atoms with Crippen molar-refractivity contribution in [2.45, 2.75) is 52.5 Å². The van der Waals surface area contributed by atoms with Crippen LogP contribution in [-0.2, 0) is 0 Å². The monoisotopic (exact) mass is 278 g/mol. The average molecular weight is 278 g/mol. The lowest BCUT2D eigenvalue weighted by Gasteiger charge is -2.13. The Morgan fingerprint density at radius 1 is 1.40 bits per heavy atom. The van der Waals surface area contributed by atoms with Crippen LogP contribution in [0.25, 0.3) is 0 Å². The van der Waals surface area contributed by atoms with Crippen molar-refractivity contribution >= 4 is 11.6 Å². The number of nitrogens with one attached hydrogen (secondary N) is 1. The van der Waals surface area contributed by atoms with Crippen LogP contribution in [0.1, 0.15) is 55.5 Å². The van der Waals surface area contributed by atoms with E-state index in [0.717, 1.165) is 25.7 Å². The van der Waals surface area contributed by atoms with Gasteiger partial charge in [0.25, 0.3) is 11.6 Å².